The molecule has 0 atom stereocenters. The van der Waals surface area contributed by atoms with Crippen LogP contribution in [0.4, 0.5) is 21.6 Å². The van der Waals surface area contributed by atoms with Crippen molar-refractivity contribution in [2.75, 3.05) is 16.8 Å². The lowest BCUT2D eigenvalue weighted by atomic mass is 10.0. The molecule has 0 radical (unpaired) electrons. The lowest BCUT2D eigenvalue weighted by molar-refractivity contribution is 0.632. The van der Waals surface area contributed by atoms with Crippen molar-refractivity contribution in [1.29, 1.82) is 0 Å². The average Bonchev–Trinajstić information content (AvgIpc) is 2.65. The molecule has 1 N–H and O–H groups in total. The minimum atomic E-state index is -0.461. The first-order valence-electron chi connectivity index (χ1n) is 8.47. The van der Waals surface area contributed by atoms with Crippen LogP contribution in [0, 0.1) is 12.7 Å². The molecule has 26 heavy (non-hydrogen) atoms. The largest absolute Gasteiger partial charge is 0.352 e. The molecule has 0 aliphatic carbocycles. The predicted octanol–water partition coefficient (Wildman–Crippen LogP) is 4.88. The highest BCUT2D eigenvalue weighted by Gasteiger charge is 2.20. The third-order valence-electron chi connectivity index (χ3n) is 4.55. The Morgan fingerprint density at radius 2 is 2.08 bits per heavy atom. The summed E-state index contributed by atoms with van der Waals surface area (Å²) in [7, 11) is 0. The van der Waals surface area contributed by atoms with Crippen LogP contribution in [-0.4, -0.2) is 16.5 Å². The summed E-state index contributed by atoms with van der Waals surface area (Å²) in [5, 5.41) is 3.17. The van der Waals surface area contributed by atoms with Crippen molar-refractivity contribution in [3.63, 3.8) is 0 Å². The van der Waals surface area contributed by atoms with E-state index in [4.69, 9.17) is 11.6 Å². The van der Waals surface area contributed by atoms with Crippen molar-refractivity contribution in [1.82, 2.24) is 9.97 Å². The molecule has 0 saturated heterocycles. The Hall–Kier alpha value is -2.66. The van der Waals surface area contributed by atoms with E-state index in [1.165, 1.54) is 6.07 Å². The topological polar surface area (TPSA) is 41.1 Å². The maximum absolute atomic E-state index is 14.1. The SMILES string of the molecule is Cc1cccnc1N1CCc2ncc(Nc3cccc(Cl)c3F)cc2C1. The van der Waals surface area contributed by atoms with Crippen molar-refractivity contribution >= 4 is 28.8 Å². The lowest BCUT2D eigenvalue weighted by Crippen LogP contribution is -2.32. The van der Waals surface area contributed by atoms with Gasteiger partial charge in [-0.15, -0.1) is 0 Å². The molecule has 132 valence electrons. The molecule has 1 aromatic carbocycles. The van der Waals surface area contributed by atoms with E-state index >= 15 is 0 Å². The van der Waals surface area contributed by atoms with Crippen molar-refractivity contribution in [2.24, 2.45) is 0 Å². The summed E-state index contributed by atoms with van der Waals surface area (Å²) in [5.41, 5.74) is 4.43. The van der Waals surface area contributed by atoms with Gasteiger partial charge < -0.3 is 10.2 Å². The van der Waals surface area contributed by atoms with Crippen LogP contribution in [0.15, 0.2) is 48.8 Å². The quantitative estimate of drug-likeness (QED) is 0.715. The Bertz CT molecular complexity index is 960. The first-order valence-corrected chi connectivity index (χ1v) is 8.85. The third-order valence-corrected chi connectivity index (χ3v) is 4.84. The zero-order valence-electron chi connectivity index (χ0n) is 14.3. The Morgan fingerprint density at radius 1 is 1.19 bits per heavy atom. The zero-order chi connectivity index (χ0) is 18.1. The zero-order valence-corrected chi connectivity index (χ0v) is 15.1. The lowest BCUT2D eigenvalue weighted by Gasteiger charge is -2.30. The van der Waals surface area contributed by atoms with Gasteiger partial charge in [-0.05, 0) is 42.3 Å². The molecule has 4 rings (SSSR count). The van der Waals surface area contributed by atoms with Gasteiger partial charge in [0.25, 0.3) is 0 Å². The smallest absolute Gasteiger partial charge is 0.165 e. The number of halogens is 2. The normalized spacial score (nSPS) is 13.4. The Balaban J connectivity index is 1.60. The summed E-state index contributed by atoms with van der Waals surface area (Å²) in [6.45, 7) is 3.68. The second kappa shape index (κ2) is 6.92. The molecule has 1 aliphatic rings. The first-order chi connectivity index (χ1) is 12.6. The molecule has 0 bridgehead atoms. The maximum Gasteiger partial charge on any atom is 0.165 e. The maximum atomic E-state index is 14.1. The number of rotatable bonds is 3. The molecule has 0 amide bonds. The highest BCUT2D eigenvalue weighted by atomic mass is 35.5. The van der Waals surface area contributed by atoms with Crippen LogP contribution in [0.1, 0.15) is 16.8 Å². The third kappa shape index (κ3) is 3.22. The summed E-state index contributed by atoms with van der Waals surface area (Å²) in [6.07, 6.45) is 4.41. The minimum Gasteiger partial charge on any atom is -0.352 e. The summed E-state index contributed by atoms with van der Waals surface area (Å²) in [4.78, 5) is 11.3. The van der Waals surface area contributed by atoms with Gasteiger partial charge in [-0.2, -0.15) is 0 Å². The molecule has 4 nitrogen and oxygen atoms in total. The number of aryl methyl sites for hydroxylation is 1. The minimum absolute atomic E-state index is 0.0951. The number of hydrogen-bond donors (Lipinski definition) is 1. The summed E-state index contributed by atoms with van der Waals surface area (Å²) >= 11 is 5.85. The highest BCUT2D eigenvalue weighted by molar-refractivity contribution is 6.31. The number of pyridine rings is 2. The van der Waals surface area contributed by atoms with E-state index in [-0.39, 0.29) is 5.02 Å². The average molecular weight is 369 g/mol. The number of nitrogens with one attached hydrogen (secondary N) is 1. The monoisotopic (exact) mass is 368 g/mol. The van der Waals surface area contributed by atoms with Crippen LogP contribution in [-0.2, 0) is 13.0 Å². The molecule has 1 aliphatic heterocycles. The number of hydrogen-bond acceptors (Lipinski definition) is 4. The predicted molar refractivity (Wildman–Crippen MR) is 103 cm³/mol. The van der Waals surface area contributed by atoms with Crippen LogP contribution < -0.4 is 10.2 Å². The van der Waals surface area contributed by atoms with Crippen LogP contribution in [0.5, 0.6) is 0 Å². The van der Waals surface area contributed by atoms with Gasteiger partial charge in [-0.1, -0.05) is 23.7 Å². The molecular formula is C20H18ClFN4. The molecule has 3 aromatic rings. The first kappa shape index (κ1) is 16.8. The van der Waals surface area contributed by atoms with E-state index < -0.39 is 5.82 Å². The van der Waals surface area contributed by atoms with Crippen molar-refractivity contribution in [3.05, 3.63) is 76.5 Å². The standard InChI is InChI=1S/C20H18ClFN4/c1-13-4-3-8-23-20(13)26-9-7-17-14(12-26)10-15(11-24-17)25-18-6-2-5-16(21)19(18)22/h2-6,8,10-11,25H,7,9,12H2,1H3. The van der Waals surface area contributed by atoms with Crippen LogP contribution in [0.3, 0.4) is 0 Å². The number of aromatic nitrogens is 2. The Labute approximate surface area is 156 Å². The molecule has 6 heteroatoms. The number of benzene rings is 1. The van der Waals surface area contributed by atoms with Gasteiger partial charge in [-0.3, -0.25) is 4.98 Å². The fourth-order valence-corrected chi connectivity index (χ4v) is 3.41. The van der Waals surface area contributed by atoms with Crippen molar-refractivity contribution in [3.8, 4) is 0 Å². The van der Waals surface area contributed by atoms with Gasteiger partial charge in [0.2, 0.25) is 0 Å². The van der Waals surface area contributed by atoms with E-state index in [0.717, 1.165) is 47.8 Å². The van der Waals surface area contributed by atoms with Gasteiger partial charge in [0.1, 0.15) is 5.82 Å². The summed E-state index contributed by atoms with van der Waals surface area (Å²) in [5.74, 6) is 0.537. The highest BCUT2D eigenvalue weighted by Crippen LogP contribution is 2.29. The fraction of sp³-hybridized carbons (Fsp3) is 0.200. The van der Waals surface area contributed by atoms with Crippen LogP contribution in [0.25, 0.3) is 0 Å². The van der Waals surface area contributed by atoms with Gasteiger partial charge >= 0.3 is 0 Å². The van der Waals surface area contributed by atoms with E-state index in [1.54, 1.807) is 18.3 Å². The second-order valence-electron chi connectivity index (χ2n) is 6.37. The van der Waals surface area contributed by atoms with Crippen LogP contribution in [0.2, 0.25) is 5.02 Å². The van der Waals surface area contributed by atoms with Gasteiger partial charge in [-0.25, -0.2) is 9.37 Å². The van der Waals surface area contributed by atoms with Crippen molar-refractivity contribution < 1.29 is 4.39 Å². The Kier molecular flexibility index (Phi) is 4.47. The van der Waals surface area contributed by atoms with E-state index in [2.05, 4.69) is 33.2 Å². The Morgan fingerprint density at radius 3 is 2.92 bits per heavy atom. The van der Waals surface area contributed by atoms with Gasteiger partial charge in [0, 0.05) is 31.4 Å². The second-order valence-corrected chi connectivity index (χ2v) is 6.78. The van der Waals surface area contributed by atoms with E-state index in [0.29, 0.717) is 5.69 Å². The molecular weight excluding hydrogens is 351 g/mol. The molecule has 0 fully saturated rings. The molecule has 0 spiro atoms. The molecule has 2 aromatic heterocycles. The fourth-order valence-electron chi connectivity index (χ4n) is 3.24. The summed E-state index contributed by atoms with van der Waals surface area (Å²) < 4.78 is 14.1. The van der Waals surface area contributed by atoms with Crippen LogP contribution >= 0.6 is 11.6 Å². The van der Waals surface area contributed by atoms with E-state index in [9.17, 15) is 4.39 Å². The number of nitrogens with zero attached hydrogens (tertiary/aromatic N) is 3. The van der Waals surface area contributed by atoms with Gasteiger partial charge in [0.05, 0.1) is 22.6 Å². The van der Waals surface area contributed by atoms with E-state index in [1.807, 2.05) is 18.3 Å². The molecule has 3 heterocycles. The summed E-state index contributed by atoms with van der Waals surface area (Å²) in [6, 6.07) is 10.9. The van der Waals surface area contributed by atoms with Gasteiger partial charge in [0.15, 0.2) is 5.82 Å². The molecule has 0 unspecified atom stereocenters. The number of fused-ring (bicyclic) bond motifs is 1. The molecule has 0 saturated carbocycles. The number of anilines is 3. The van der Waals surface area contributed by atoms with Crippen molar-refractivity contribution in [2.45, 2.75) is 19.9 Å².